The summed E-state index contributed by atoms with van der Waals surface area (Å²) in [7, 11) is -1.18. The highest BCUT2D eigenvalue weighted by molar-refractivity contribution is 6.62. The van der Waals surface area contributed by atoms with Gasteiger partial charge in [0.25, 0.3) is 0 Å². The van der Waals surface area contributed by atoms with Gasteiger partial charge in [-0.1, -0.05) is 17.7 Å². The van der Waals surface area contributed by atoms with Crippen LogP contribution in [0.1, 0.15) is 33.3 Å². The molecule has 0 spiro atoms. The molecule has 0 unspecified atom stereocenters. The molecule has 0 aromatic heterocycles. The molecule has 1 fully saturated rings. The van der Waals surface area contributed by atoms with Gasteiger partial charge < -0.3 is 19.9 Å². The van der Waals surface area contributed by atoms with Gasteiger partial charge in [-0.15, -0.1) is 0 Å². The van der Waals surface area contributed by atoms with Crippen LogP contribution in [0.4, 0.5) is 29.3 Å². The maximum absolute atomic E-state index is 13.7. The molecular weight excluding hydrogens is 419 g/mol. The van der Waals surface area contributed by atoms with E-state index in [1.54, 1.807) is 52.0 Å². The van der Waals surface area contributed by atoms with E-state index < -0.39 is 36.1 Å². The van der Waals surface area contributed by atoms with E-state index in [1.165, 1.54) is 12.1 Å². The second kappa shape index (κ2) is 7.79. The van der Waals surface area contributed by atoms with Crippen LogP contribution in [0, 0.1) is 0 Å². The molecule has 2 amide bonds. The van der Waals surface area contributed by atoms with Crippen molar-refractivity contribution in [2.24, 2.45) is 0 Å². The zero-order chi connectivity index (χ0) is 22.3. The van der Waals surface area contributed by atoms with Gasteiger partial charge in [-0.25, -0.2) is 4.79 Å². The molecule has 1 saturated heterocycles. The predicted octanol–water partition coefficient (Wildman–Crippen LogP) is 5.30. The standard InChI is InChI=1S/C20H21BClF3N2O3/c1-18(2)19(3,4)30-21(29-18)16-10-9-14(11-15(16)20(23,24)25)27-17(28)26-13-7-5-12(22)6-8-13/h5-11H,1-4H3,(H2,26,27,28). The smallest absolute Gasteiger partial charge is 0.399 e. The number of amides is 2. The summed E-state index contributed by atoms with van der Waals surface area (Å²) in [5.74, 6) is 0. The van der Waals surface area contributed by atoms with Crippen LogP contribution in [0.3, 0.4) is 0 Å². The highest BCUT2D eigenvalue weighted by Gasteiger charge is 2.53. The van der Waals surface area contributed by atoms with Crippen LogP contribution in [-0.2, 0) is 15.5 Å². The van der Waals surface area contributed by atoms with Crippen LogP contribution in [0.25, 0.3) is 0 Å². The molecule has 0 radical (unpaired) electrons. The van der Waals surface area contributed by atoms with E-state index >= 15 is 0 Å². The molecule has 2 N–H and O–H groups in total. The number of rotatable bonds is 3. The summed E-state index contributed by atoms with van der Waals surface area (Å²) in [6.45, 7) is 7.04. The van der Waals surface area contributed by atoms with Crippen LogP contribution in [0.2, 0.25) is 5.02 Å². The lowest BCUT2D eigenvalue weighted by atomic mass is 9.75. The fourth-order valence-electron chi connectivity index (χ4n) is 2.88. The molecular formula is C20H21BClF3N2O3. The van der Waals surface area contributed by atoms with Gasteiger partial charge in [0.05, 0.1) is 16.8 Å². The first-order valence-electron chi connectivity index (χ1n) is 9.19. The third kappa shape index (κ3) is 4.74. The summed E-state index contributed by atoms with van der Waals surface area (Å²) >= 11 is 5.79. The maximum Gasteiger partial charge on any atom is 0.495 e. The third-order valence-corrected chi connectivity index (χ3v) is 5.48. The molecule has 0 aliphatic carbocycles. The van der Waals surface area contributed by atoms with Gasteiger partial charge in [-0.3, -0.25) is 0 Å². The zero-order valence-electron chi connectivity index (χ0n) is 16.9. The van der Waals surface area contributed by atoms with Crippen molar-refractivity contribution >= 4 is 41.6 Å². The average molecular weight is 441 g/mol. The van der Waals surface area contributed by atoms with Gasteiger partial charge >= 0.3 is 19.3 Å². The van der Waals surface area contributed by atoms with Crippen molar-refractivity contribution in [3.05, 3.63) is 53.1 Å². The first-order chi connectivity index (χ1) is 13.8. The van der Waals surface area contributed by atoms with Crippen LogP contribution >= 0.6 is 11.6 Å². The van der Waals surface area contributed by atoms with Crippen molar-refractivity contribution in [3.8, 4) is 0 Å². The second-order valence-corrected chi connectivity index (χ2v) is 8.41. The largest absolute Gasteiger partial charge is 0.495 e. The van der Waals surface area contributed by atoms with Crippen molar-refractivity contribution in [3.63, 3.8) is 0 Å². The number of nitrogens with one attached hydrogen (secondary N) is 2. The summed E-state index contributed by atoms with van der Waals surface area (Å²) in [6, 6.07) is 9.11. The van der Waals surface area contributed by atoms with Crippen molar-refractivity contribution in [1.29, 1.82) is 0 Å². The molecule has 2 aromatic rings. The normalized spacial score (nSPS) is 17.7. The molecule has 3 rings (SSSR count). The van der Waals surface area contributed by atoms with E-state index in [0.29, 0.717) is 10.7 Å². The van der Waals surface area contributed by atoms with Gasteiger partial charge in [-0.2, -0.15) is 13.2 Å². The fourth-order valence-corrected chi connectivity index (χ4v) is 3.01. The van der Waals surface area contributed by atoms with Gasteiger partial charge in [-0.05, 0) is 69.6 Å². The first-order valence-corrected chi connectivity index (χ1v) is 9.57. The number of halogens is 4. The molecule has 0 atom stereocenters. The number of benzene rings is 2. The fraction of sp³-hybridized carbons (Fsp3) is 0.350. The Morgan fingerprint density at radius 3 is 1.97 bits per heavy atom. The Hall–Kier alpha value is -2.23. The van der Waals surface area contributed by atoms with E-state index in [2.05, 4.69) is 10.6 Å². The molecule has 5 nitrogen and oxygen atoms in total. The molecule has 1 aliphatic heterocycles. The van der Waals surface area contributed by atoms with E-state index in [-0.39, 0.29) is 11.2 Å². The minimum atomic E-state index is -4.66. The SMILES string of the molecule is CC1(C)OB(c2ccc(NC(=O)Nc3ccc(Cl)cc3)cc2C(F)(F)F)OC1(C)C. The number of hydrogen-bond acceptors (Lipinski definition) is 3. The third-order valence-electron chi connectivity index (χ3n) is 5.23. The Labute approximate surface area is 178 Å². The van der Waals surface area contributed by atoms with Crippen LogP contribution < -0.4 is 16.1 Å². The summed E-state index contributed by atoms with van der Waals surface area (Å²) in [5, 5.41) is 5.43. The lowest BCUT2D eigenvalue weighted by molar-refractivity contribution is -0.136. The number of carbonyl (C=O) groups is 1. The second-order valence-electron chi connectivity index (χ2n) is 7.97. The molecule has 2 aromatic carbocycles. The van der Waals surface area contributed by atoms with Crippen molar-refractivity contribution in [1.82, 2.24) is 0 Å². The minimum absolute atomic E-state index is 0.0194. The maximum atomic E-state index is 13.7. The van der Waals surface area contributed by atoms with Gasteiger partial charge in [0.2, 0.25) is 0 Å². The lowest BCUT2D eigenvalue weighted by Crippen LogP contribution is -2.41. The van der Waals surface area contributed by atoms with Gasteiger partial charge in [0.15, 0.2) is 0 Å². The summed E-state index contributed by atoms with van der Waals surface area (Å²) in [6.07, 6.45) is -4.66. The number of anilines is 2. The Kier molecular flexibility index (Phi) is 5.83. The highest BCUT2D eigenvalue weighted by atomic mass is 35.5. The van der Waals surface area contributed by atoms with Crippen LogP contribution in [0.15, 0.2) is 42.5 Å². The summed E-state index contributed by atoms with van der Waals surface area (Å²) in [4.78, 5) is 12.2. The van der Waals surface area contributed by atoms with E-state index in [4.69, 9.17) is 20.9 Å². The van der Waals surface area contributed by atoms with Crippen molar-refractivity contribution in [2.45, 2.75) is 45.1 Å². The highest BCUT2D eigenvalue weighted by Crippen LogP contribution is 2.38. The quantitative estimate of drug-likeness (QED) is 0.637. The Morgan fingerprint density at radius 1 is 0.933 bits per heavy atom. The molecule has 30 heavy (non-hydrogen) atoms. The first kappa shape index (κ1) is 22.5. The summed E-state index contributed by atoms with van der Waals surface area (Å²) in [5.41, 5.74) is -2.22. The van der Waals surface area contributed by atoms with Crippen molar-refractivity contribution < 1.29 is 27.3 Å². The lowest BCUT2D eigenvalue weighted by Gasteiger charge is -2.32. The molecule has 0 bridgehead atoms. The monoisotopic (exact) mass is 440 g/mol. The number of carbonyl (C=O) groups excluding carboxylic acids is 1. The molecule has 1 heterocycles. The van der Waals surface area contributed by atoms with E-state index in [0.717, 1.165) is 6.07 Å². The number of urea groups is 1. The van der Waals surface area contributed by atoms with E-state index in [1.807, 2.05) is 0 Å². The predicted molar refractivity (Wildman–Crippen MR) is 111 cm³/mol. The Morgan fingerprint density at radius 2 is 1.43 bits per heavy atom. The molecule has 10 heteroatoms. The topological polar surface area (TPSA) is 59.6 Å². The number of alkyl halides is 3. The average Bonchev–Trinajstić information content (AvgIpc) is 2.83. The van der Waals surface area contributed by atoms with Crippen molar-refractivity contribution in [2.75, 3.05) is 10.6 Å². The van der Waals surface area contributed by atoms with Gasteiger partial charge in [0, 0.05) is 16.4 Å². The van der Waals surface area contributed by atoms with Gasteiger partial charge in [0.1, 0.15) is 0 Å². The van der Waals surface area contributed by atoms with E-state index in [9.17, 15) is 18.0 Å². The Bertz CT molecular complexity index is 933. The minimum Gasteiger partial charge on any atom is -0.399 e. The van der Waals surface area contributed by atoms with Crippen LogP contribution in [0.5, 0.6) is 0 Å². The molecule has 0 saturated carbocycles. The van der Waals surface area contributed by atoms with Crippen LogP contribution in [-0.4, -0.2) is 24.4 Å². The number of hydrogen-bond donors (Lipinski definition) is 2. The summed E-state index contributed by atoms with van der Waals surface area (Å²) < 4.78 is 52.7. The molecule has 1 aliphatic rings. The molecule has 160 valence electrons. The Balaban J connectivity index is 1.83. The zero-order valence-corrected chi connectivity index (χ0v) is 17.6.